The van der Waals surface area contributed by atoms with Crippen molar-refractivity contribution in [2.24, 2.45) is 0 Å². The zero-order chi connectivity index (χ0) is 10.6. The fourth-order valence-corrected chi connectivity index (χ4v) is 2.67. The van der Waals surface area contributed by atoms with E-state index in [1.54, 1.807) is 0 Å². The molecule has 1 spiro atoms. The lowest BCUT2D eigenvalue weighted by Gasteiger charge is -2.15. The van der Waals surface area contributed by atoms with E-state index in [-0.39, 0.29) is 5.41 Å². The van der Waals surface area contributed by atoms with Crippen LogP contribution in [0.3, 0.4) is 0 Å². The van der Waals surface area contributed by atoms with Crippen LogP contribution >= 0.6 is 0 Å². The standard InChI is InChI=1S/C13H16N2/c1-9-13(6-7-13)11-8-10(14-2)4-5-12(11)15(9)3/h4-5,8,14H,1,6-7H2,2-3H3. The maximum atomic E-state index is 4.23. The van der Waals surface area contributed by atoms with Gasteiger partial charge in [0.2, 0.25) is 0 Å². The summed E-state index contributed by atoms with van der Waals surface area (Å²) in [5, 5.41) is 3.20. The molecule has 2 aliphatic rings. The van der Waals surface area contributed by atoms with Gasteiger partial charge in [0.1, 0.15) is 0 Å². The largest absolute Gasteiger partial charge is 0.388 e. The molecule has 0 radical (unpaired) electrons. The van der Waals surface area contributed by atoms with Gasteiger partial charge in [0.15, 0.2) is 0 Å². The van der Waals surface area contributed by atoms with Crippen molar-refractivity contribution in [3.05, 3.63) is 36.0 Å². The second kappa shape index (κ2) is 2.57. The Labute approximate surface area is 90.6 Å². The first kappa shape index (κ1) is 8.84. The molecule has 1 aliphatic carbocycles. The van der Waals surface area contributed by atoms with Gasteiger partial charge in [-0.2, -0.15) is 0 Å². The average molecular weight is 200 g/mol. The quantitative estimate of drug-likeness (QED) is 0.750. The molecular weight excluding hydrogens is 184 g/mol. The van der Waals surface area contributed by atoms with Gasteiger partial charge in [-0.05, 0) is 36.6 Å². The summed E-state index contributed by atoms with van der Waals surface area (Å²) < 4.78 is 0. The smallest absolute Gasteiger partial charge is 0.0449 e. The lowest BCUT2D eigenvalue weighted by molar-refractivity contribution is 0.844. The van der Waals surface area contributed by atoms with Gasteiger partial charge in [-0.15, -0.1) is 0 Å². The van der Waals surface area contributed by atoms with Gasteiger partial charge in [0.25, 0.3) is 0 Å². The van der Waals surface area contributed by atoms with Crippen molar-refractivity contribution < 1.29 is 0 Å². The number of benzene rings is 1. The van der Waals surface area contributed by atoms with E-state index in [1.807, 2.05) is 7.05 Å². The molecule has 1 aliphatic heterocycles. The molecule has 0 atom stereocenters. The first-order valence-corrected chi connectivity index (χ1v) is 5.44. The highest BCUT2D eigenvalue weighted by Gasteiger charge is 2.53. The molecule has 0 unspecified atom stereocenters. The van der Waals surface area contributed by atoms with Crippen molar-refractivity contribution in [3.63, 3.8) is 0 Å². The highest BCUT2D eigenvalue weighted by Crippen LogP contribution is 2.61. The molecular formula is C13H16N2. The number of nitrogens with one attached hydrogen (secondary N) is 1. The molecule has 2 heteroatoms. The van der Waals surface area contributed by atoms with E-state index in [1.165, 1.54) is 35.5 Å². The van der Waals surface area contributed by atoms with Crippen LogP contribution in [0.4, 0.5) is 11.4 Å². The van der Waals surface area contributed by atoms with Crippen LogP contribution in [0.2, 0.25) is 0 Å². The summed E-state index contributed by atoms with van der Waals surface area (Å²) in [7, 11) is 4.09. The van der Waals surface area contributed by atoms with Crippen molar-refractivity contribution in [3.8, 4) is 0 Å². The number of nitrogens with zero attached hydrogens (tertiary/aromatic N) is 1. The summed E-state index contributed by atoms with van der Waals surface area (Å²) in [4.78, 5) is 2.24. The van der Waals surface area contributed by atoms with Gasteiger partial charge >= 0.3 is 0 Å². The number of allylic oxidation sites excluding steroid dienone is 1. The van der Waals surface area contributed by atoms with Crippen LogP contribution in [-0.2, 0) is 5.41 Å². The molecule has 0 saturated heterocycles. The van der Waals surface area contributed by atoms with Crippen LogP contribution in [0.5, 0.6) is 0 Å². The van der Waals surface area contributed by atoms with Crippen LogP contribution in [0.25, 0.3) is 0 Å². The Hall–Kier alpha value is -1.44. The Morgan fingerprint density at radius 3 is 2.73 bits per heavy atom. The molecule has 3 rings (SSSR count). The monoisotopic (exact) mass is 200 g/mol. The van der Waals surface area contributed by atoms with Gasteiger partial charge in [0, 0.05) is 36.6 Å². The van der Waals surface area contributed by atoms with E-state index in [2.05, 4.69) is 42.0 Å². The van der Waals surface area contributed by atoms with Crippen LogP contribution in [0, 0.1) is 0 Å². The predicted molar refractivity (Wildman–Crippen MR) is 64.4 cm³/mol. The van der Waals surface area contributed by atoms with E-state index in [4.69, 9.17) is 0 Å². The normalized spacial score (nSPS) is 20.7. The summed E-state index contributed by atoms with van der Waals surface area (Å²) in [5.74, 6) is 0. The Bertz CT molecular complexity index is 444. The Balaban J connectivity index is 2.20. The highest BCUT2D eigenvalue weighted by atomic mass is 15.2. The minimum absolute atomic E-state index is 0.289. The first-order chi connectivity index (χ1) is 7.19. The Kier molecular flexibility index (Phi) is 1.51. The molecule has 0 aromatic heterocycles. The maximum Gasteiger partial charge on any atom is 0.0449 e. The van der Waals surface area contributed by atoms with E-state index < -0.39 is 0 Å². The lowest BCUT2D eigenvalue weighted by atomic mass is 9.96. The Morgan fingerprint density at radius 2 is 2.13 bits per heavy atom. The molecule has 1 aromatic rings. The zero-order valence-electron chi connectivity index (χ0n) is 9.30. The summed E-state index contributed by atoms with van der Waals surface area (Å²) in [6, 6.07) is 6.60. The molecule has 0 amide bonds. The summed E-state index contributed by atoms with van der Waals surface area (Å²) >= 11 is 0. The van der Waals surface area contributed by atoms with Gasteiger partial charge < -0.3 is 10.2 Å². The third kappa shape index (κ3) is 0.942. The number of hydrogen-bond acceptors (Lipinski definition) is 2. The van der Waals surface area contributed by atoms with Crippen LogP contribution < -0.4 is 10.2 Å². The van der Waals surface area contributed by atoms with Gasteiger partial charge in [-0.1, -0.05) is 6.58 Å². The van der Waals surface area contributed by atoms with Crippen molar-refractivity contribution in [1.29, 1.82) is 0 Å². The van der Waals surface area contributed by atoms with Gasteiger partial charge in [-0.25, -0.2) is 0 Å². The van der Waals surface area contributed by atoms with E-state index in [0.717, 1.165) is 0 Å². The summed E-state index contributed by atoms with van der Waals surface area (Å²) in [6.07, 6.45) is 2.52. The third-order valence-electron chi connectivity index (χ3n) is 3.87. The maximum absolute atomic E-state index is 4.23. The minimum Gasteiger partial charge on any atom is -0.388 e. The SMILES string of the molecule is C=C1N(C)c2ccc(NC)cc2C12CC2. The van der Waals surface area contributed by atoms with E-state index in [0.29, 0.717) is 0 Å². The highest BCUT2D eigenvalue weighted by molar-refractivity contribution is 5.75. The number of anilines is 2. The molecule has 78 valence electrons. The lowest BCUT2D eigenvalue weighted by Crippen LogP contribution is -2.15. The second-order valence-electron chi connectivity index (χ2n) is 4.57. The molecule has 1 aromatic carbocycles. The topological polar surface area (TPSA) is 15.3 Å². The van der Waals surface area contributed by atoms with E-state index in [9.17, 15) is 0 Å². The zero-order valence-corrected chi connectivity index (χ0v) is 9.30. The first-order valence-electron chi connectivity index (χ1n) is 5.44. The average Bonchev–Trinajstić information content (AvgIpc) is 3.04. The molecule has 1 fully saturated rings. The minimum atomic E-state index is 0.289. The fraction of sp³-hybridized carbons (Fsp3) is 0.385. The number of rotatable bonds is 1. The molecule has 1 heterocycles. The number of hydrogen-bond donors (Lipinski definition) is 1. The van der Waals surface area contributed by atoms with E-state index >= 15 is 0 Å². The van der Waals surface area contributed by atoms with Crippen LogP contribution in [-0.4, -0.2) is 14.1 Å². The van der Waals surface area contributed by atoms with Crippen LogP contribution in [0.1, 0.15) is 18.4 Å². The number of fused-ring (bicyclic) bond motifs is 2. The van der Waals surface area contributed by atoms with Crippen LogP contribution in [0.15, 0.2) is 30.5 Å². The fourth-order valence-electron chi connectivity index (χ4n) is 2.67. The van der Waals surface area contributed by atoms with Crippen molar-refractivity contribution in [2.45, 2.75) is 18.3 Å². The molecule has 15 heavy (non-hydrogen) atoms. The number of likely N-dealkylation sites (N-methyl/N-ethyl adjacent to an activating group) is 1. The molecule has 1 N–H and O–H groups in total. The summed E-state index contributed by atoms with van der Waals surface area (Å²) in [5.41, 5.74) is 5.55. The predicted octanol–water partition coefficient (Wildman–Crippen LogP) is 2.72. The van der Waals surface area contributed by atoms with Gasteiger partial charge in [-0.3, -0.25) is 0 Å². The van der Waals surface area contributed by atoms with Gasteiger partial charge in [0.05, 0.1) is 0 Å². The molecule has 0 bridgehead atoms. The third-order valence-corrected chi connectivity index (χ3v) is 3.87. The Morgan fingerprint density at radius 1 is 1.40 bits per heavy atom. The molecule has 2 nitrogen and oxygen atoms in total. The van der Waals surface area contributed by atoms with Crippen molar-refractivity contribution >= 4 is 11.4 Å². The second-order valence-corrected chi connectivity index (χ2v) is 4.57. The van der Waals surface area contributed by atoms with Crippen molar-refractivity contribution in [1.82, 2.24) is 0 Å². The summed E-state index contributed by atoms with van der Waals surface area (Å²) in [6.45, 7) is 4.23. The van der Waals surface area contributed by atoms with Crippen molar-refractivity contribution in [2.75, 3.05) is 24.3 Å². The molecule has 1 saturated carbocycles.